The highest BCUT2D eigenvalue weighted by Gasteiger charge is 2.26. The standard InChI is InChI=1S/C16H18ClNO6S2/c17-13-4-6-14(7-5-13)25(21,22)15-2-1-3-16(12-15)26(23,24)18(8-10-19)9-11-20/h1-7,12,19-20H,8-11H2. The second kappa shape index (κ2) is 8.47. The van der Waals surface area contributed by atoms with E-state index >= 15 is 0 Å². The van der Waals surface area contributed by atoms with Gasteiger partial charge in [0.15, 0.2) is 0 Å². The maximum Gasteiger partial charge on any atom is 0.243 e. The zero-order chi connectivity index (χ0) is 19.4. The molecule has 0 aliphatic carbocycles. The molecular weight excluding hydrogens is 402 g/mol. The van der Waals surface area contributed by atoms with Gasteiger partial charge in [0.25, 0.3) is 0 Å². The van der Waals surface area contributed by atoms with Crippen molar-refractivity contribution in [3.8, 4) is 0 Å². The van der Waals surface area contributed by atoms with Gasteiger partial charge < -0.3 is 10.2 Å². The van der Waals surface area contributed by atoms with E-state index in [2.05, 4.69) is 0 Å². The normalized spacial score (nSPS) is 12.5. The molecule has 0 saturated heterocycles. The van der Waals surface area contributed by atoms with Crippen LogP contribution >= 0.6 is 11.6 Å². The van der Waals surface area contributed by atoms with Gasteiger partial charge in [0.05, 0.1) is 27.9 Å². The molecule has 0 aliphatic rings. The van der Waals surface area contributed by atoms with Crippen LogP contribution in [0, 0.1) is 0 Å². The first-order valence-corrected chi connectivity index (χ1v) is 10.9. The molecule has 2 aromatic rings. The highest BCUT2D eigenvalue weighted by Crippen LogP contribution is 2.25. The largest absolute Gasteiger partial charge is 0.395 e. The third kappa shape index (κ3) is 4.43. The van der Waals surface area contributed by atoms with E-state index in [1.54, 1.807) is 0 Å². The molecule has 0 heterocycles. The number of sulfonamides is 1. The fourth-order valence-corrected chi connectivity index (χ4v) is 5.25. The van der Waals surface area contributed by atoms with Crippen molar-refractivity contribution in [2.24, 2.45) is 0 Å². The summed E-state index contributed by atoms with van der Waals surface area (Å²) in [4.78, 5) is -0.442. The highest BCUT2D eigenvalue weighted by atomic mass is 35.5. The Hall–Kier alpha value is -1.49. The van der Waals surface area contributed by atoms with Crippen molar-refractivity contribution in [1.29, 1.82) is 0 Å². The summed E-state index contributed by atoms with van der Waals surface area (Å²) in [5.41, 5.74) is 0. The van der Waals surface area contributed by atoms with Crippen LogP contribution in [0.25, 0.3) is 0 Å². The van der Waals surface area contributed by atoms with E-state index in [1.807, 2.05) is 0 Å². The monoisotopic (exact) mass is 419 g/mol. The summed E-state index contributed by atoms with van der Waals surface area (Å²) in [5.74, 6) is 0. The number of nitrogens with zero attached hydrogens (tertiary/aromatic N) is 1. The van der Waals surface area contributed by atoms with Gasteiger partial charge in [-0.05, 0) is 42.5 Å². The number of hydrogen-bond acceptors (Lipinski definition) is 6. The SMILES string of the molecule is O=S(=O)(c1ccc(Cl)cc1)c1cccc(S(=O)(=O)N(CCO)CCO)c1. The van der Waals surface area contributed by atoms with Gasteiger partial charge in [0.2, 0.25) is 19.9 Å². The predicted octanol–water partition coefficient (Wildman–Crippen LogP) is 1.15. The van der Waals surface area contributed by atoms with E-state index < -0.39 is 33.1 Å². The van der Waals surface area contributed by atoms with Gasteiger partial charge >= 0.3 is 0 Å². The lowest BCUT2D eigenvalue weighted by molar-refractivity contribution is 0.217. The molecule has 0 unspecified atom stereocenters. The summed E-state index contributed by atoms with van der Waals surface area (Å²) in [6.07, 6.45) is 0. The molecule has 0 saturated carbocycles. The Morgan fingerprint density at radius 3 is 1.88 bits per heavy atom. The number of aliphatic hydroxyl groups excluding tert-OH is 2. The van der Waals surface area contributed by atoms with E-state index in [0.29, 0.717) is 5.02 Å². The second-order valence-electron chi connectivity index (χ2n) is 5.28. The lowest BCUT2D eigenvalue weighted by Crippen LogP contribution is -2.35. The topological polar surface area (TPSA) is 112 Å². The molecule has 0 aromatic heterocycles. The van der Waals surface area contributed by atoms with Crippen LogP contribution in [0.2, 0.25) is 5.02 Å². The summed E-state index contributed by atoms with van der Waals surface area (Å²) in [7, 11) is -8.00. The number of rotatable bonds is 8. The molecular formula is C16H18ClNO6S2. The van der Waals surface area contributed by atoms with Crippen LogP contribution in [0.3, 0.4) is 0 Å². The molecule has 26 heavy (non-hydrogen) atoms. The number of benzene rings is 2. The van der Waals surface area contributed by atoms with E-state index in [9.17, 15) is 16.8 Å². The van der Waals surface area contributed by atoms with Gasteiger partial charge in [-0.2, -0.15) is 4.31 Å². The minimum Gasteiger partial charge on any atom is -0.395 e. The zero-order valence-electron chi connectivity index (χ0n) is 13.6. The highest BCUT2D eigenvalue weighted by molar-refractivity contribution is 7.91. The van der Waals surface area contributed by atoms with Crippen molar-refractivity contribution in [2.45, 2.75) is 14.7 Å². The van der Waals surface area contributed by atoms with Gasteiger partial charge in [0, 0.05) is 18.1 Å². The first-order valence-electron chi connectivity index (χ1n) is 7.56. The minimum absolute atomic E-state index is 0.0148. The zero-order valence-corrected chi connectivity index (χ0v) is 16.0. The summed E-state index contributed by atoms with van der Waals surface area (Å²) in [6.45, 7) is -1.28. The Bertz CT molecular complexity index is 952. The van der Waals surface area contributed by atoms with E-state index in [1.165, 1.54) is 42.5 Å². The summed E-state index contributed by atoms with van der Waals surface area (Å²) in [5, 5.41) is 18.4. The van der Waals surface area contributed by atoms with Gasteiger partial charge in [-0.1, -0.05) is 17.7 Å². The van der Waals surface area contributed by atoms with E-state index in [0.717, 1.165) is 10.4 Å². The van der Waals surface area contributed by atoms with Crippen LogP contribution in [-0.2, 0) is 19.9 Å². The maximum absolute atomic E-state index is 12.7. The Morgan fingerprint density at radius 2 is 1.35 bits per heavy atom. The molecule has 0 fully saturated rings. The van der Waals surface area contributed by atoms with Crippen LogP contribution in [0.5, 0.6) is 0 Å². The van der Waals surface area contributed by atoms with E-state index in [4.69, 9.17) is 21.8 Å². The van der Waals surface area contributed by atoms with Crippen molar-refractivity contribution < 1.29 is 27.0 Å². The molecule has 0 aliphatic heterocycles. The summed E-state index contributed by atoms with van der Waals surface area (Å²) < 4.78 is 51.6. The van der Waals surface area contributed by atoms with Crippen molar-refractivity contribution in [1.82, 2.24) is 4.31 Å². The van der Waals surface area contributed by atoms with Crippen molar-refractivity contribution in [3.63, 3.8) is 0 Å². The van der Waals surface area contributed by atoms with Crippen LogP contribution < -0.4 is 0 Å². The molecule has 0 spiro atoms. The Labute approximate surface area is 157 Å². The molecule has 2 aromatic carbocycles. The van der Waals surface area contributed by atoms with Crippen LogP contribution in [0.1, 0.15) is 0 Å². The number of hydrogen-bond donors (Lipinski definition) is 2. The lowest BCUT2D eigenvalue weighted by atomic mass is 10.4. The van der Waals surface area contributed by atoms with Gasteiger partial charge in [-0.15, -0.1) is 0 Å². The Kier molecular flexibility index (Phi) is 6.78. The molecule has 0 atom stereocenters. The Balaban J connectivity index is 2.48. The molecule has 0 amide bonds. The Morgan fingerprint density at radius 1 is 0.808 bits per heavy atom. The summed E-state index contributed by atoms with van der Waals surface area (Å²) in [6, 6.07) is 10.5. The average Bonchev–Trinajstić information content (AvgIpc) is 2.62. The predicted molar refractivity (Wildman–Crippen MR) is 96.3 cm³/mol. The number of halogens is 1. The molecule has 2 rings (SSSR count). The van der Waals surface area contributed by atoms with Crippen LogP contribution in [-0.4, -0.2) is 57.7 Å². The average molecular weight is 420 g/mol. The maximum atomic E-state index is 12.7. The molecule has 142 valence electrons. The van der Waals surface area contributed by atoms with Gasteiger partial charge in [-0.25, -0.2) is 16.8 Å². The molecule has 7 nitrogen and oxygen atoms in total. The summed E-state index contributed by atoms with van der Waals surface area (Å²) >= 11 is 5.77. The molecule has 10 heteroatoms. The first kappa shape index (κ1) is 20.8. The fourth-order valence-electron chi connectivity index (χ4n) is 2.28. The quantitative estimate of drug-likeness (QED) is 0.663. The first-order chi connectivity index (χ1) is 12.2. The van der Waals surface area contributed by atoms with Crippen molar-refractivity contribution in [3.05, 3.63) is 53.6 Å². The van der Waals surface area contributed by atoms with Gasteiger partial charge in [-0.3, -0.25) is 0 Å². The molecule has 0 radical (unpaired) electrons. The fraction of sp³-hybridized carbons (Fsp3) is 0.250. The third-order valence-electron chi connectivity index (χ3n) is 3.58. The third-order valence-corrected chi connectivity index (χ3v) is 7.49. The van der Waals surface area contributed by atoms with Gasteiger partial charge in [0.1, 0.15) is 0 Å². The lowest BCUT2D eigenvalue weighted by Gasteiger charge is -2.20. The number of aliphatic hydroxyl groups is 2. The smallest absolute Gasteiger partial charge is 0.243 e. The van der Waals surface area contributed by atoms with Crippen LogP contribution in [0.4, 0.5) is 0 Å². The van der Waals surface area contributed by atoms with E-state index in [-0.39, 0.29) is 27.8 Å². The minimum atomic E-state index is -4.07. The molecule has 0 bridgehead atoms. The molecule has 2 N–H and O–H groups in total. The van der Waals surface area contributed by atoms with Crippen molar-refractivity contribution in [2.75, 3.05) is 26.3 Å². The second-order valence-corrected chi connectivity index (χ2v) is 9.61. The van der Waals surface area contributed by atoms with Crippen LogP contribution in [0.15, 0.2) is 63.2 Å². The van der Waals surface area contributed by atoms with Crippen molar-refractivity contribution >= 4 is 31.5 Å². The number of sulfone groups is 1.